The summed E-state index contributed by atoms with van der Waals surface area (Å²) in [6, 6.07) is 9.10. The Morgan fingerprint density at radius 2 is 2.11 bits per heavy atom. The van der Waals surface area contributed by atoms with Crippen molar-refractivity contribution in [1.82, 2.24) is 14.8 Å². The van der Waals surface area contributed by atoms with Crippen LogP contribution in [0.25, 0.3) is 16.7 Å². The number of hydrogen-bond acceptors (Lipinski definition) is 3. The summed E-state index contributed by atoms with van der Waals surface area (Å²) in [7, 11) is 1.48. The molecule has 2 aromatic heterocycles. The van der Waals surface area contributed by atoms with Gasteiger partial charge in [-0.3, -0.25) is 4.79 Å². The molecule has 5 heteroatoms. The maximum absolute atomic E-state index is 12.3. The van der Waals surface area contributed by atoms with Crippen LogP contribution in [0, 0.1) is 0 Å². The first kappa shape index (κ1) is 10.6. The monoisotopic (exact) mass is 241 g/mol. The van der Waals surface area contributed by atoms with Crippen molar-refractivity contribution in [2.24, 2.45) is 0 Å². The van der Waals surface area contributed by atoms with E-state index in [-0.39, 0.29) is 11.2 Å². The summed E-state index contributed by atoms with van der Waals surface area (Å²) < 4.78 is 6.78. The van der Waals surface area contributed by atoms with Crippen molar-refractivity contribution in [2.45, 2.75) is 0 Å². The Labute approximate surface area is 103 Å². The normalized spacial score (nSPS) is 10.7. The molecule has 1 aromatic carbocycles. The fourth-order valence-electron chi connectivity index (χ4n) is 1.96. The van der Waals surface area contributed by atoms with Gasteiger partial charge in [0.05, 0.1) is 12.6 Å². The minimum absolute atomic E-state index is 0.141. The van der Waals surface area contributed by atoms with Gasteiger partial charge in [-0.05, 0) is 18.2 Å². The van der Waals surface area contributed by atoms with Crippen molar-refractivity contribution in [3.8, 4) is 11.6 Å². The van der Waals surface area contributed by atoms with Gasteiger partial charge in [0.25, 0.3) is 0 Å². The maximum Gasteiger partial charge on any atom is 0.233 e. The Morgan fingerprint density at radius 1 is 1.28 bits per heavy atom. The van der Waals surface area contributed by atoms with E-state index in [1.54, 1.807) is 29.2 Å². The molecule has 90 valence electrons. The highest BCUT2D eigenvalue weighted by atomic mass is 16.5. The van der Waals surface area contributed by atoms with Crippen LogP contribution < -0.4 is 10.2 Å². The van der Waals surface area contributed by atoms with Crippen molar-refractivity contribution in [1.29, 1.82) is 0 Å². The van der Waals surface area contributed by atoms with Crippen molar-refractivity contribution in [2.75, 3.05) is 7.11 Å². The number of benzene rings is 1. The number of hydrogen-bond donors (Lipinski definition) is 1. The predicted octanol–water partition coefficient (Wildman–Crippen LogP) is 1.72. The van der Waals surface area contributed by atoms with E-state index in [2.05, 4.69) is 10.1 Å². The van der Waals surface area contributed by atoms with Crippen LogP contribution in [-0.2, 0) is 0 Å². The van der Waals surface area contributed by atoms with Crippen molar-refractivity contribution in [3.05, 3.63) is 52.9 Å². The Kier molecular flexibility index (Phi) is 2.37. The minimum Gasteiger partial charge on any atom is -0.490 e. The third-order valence-electron chi connectivity index (χ3n) is 2.78. The highest BCUT2D eigenvalue weighted by Gasteiger charge is 2.13. The number of para-hydroxylation sites is 1. The van der Waals surface area contributed by atoms with Crippen LogP contribution in [0.5, 0.6) is 5.75 Å². The summed E-state index contributed by atoms with van der Waals surface area (Å²) in [5.41, 5.74) is 0.617. The molecule has 0 aliphatic heterocycles. The molecule has 0 amide bonds. The van der Waals surface area contributed by atoms with E-state index >= 15 is 0 Å². The van der Waals surface area contributed by atoms with Crippen molar-refractivity contribution >= 4 is 10.9 Å². The van der Waals surface area contributed by atoms with Gasteiger partial charge in [-0.2, -0.15) is 5.10 Å². The molecule has 0 spiro atoms. The summed E-state index contributed by atoms with van der Waals surface area (Å²) in [5, 5.41) is 4.71. The third-order valence-corrected chi connectivity index (χ3v) is 2.78. The molecule has 5 nitrogen and oxygen atoms in total. The average molecular weight is 241 g/mol. The standard InChI is InChI=1S/C13H11N3O2/c1-18-12-11(17)9-5-2-3-6-10(9)15-13(12)16-8-4-7-14-16/h2-8H,1H3,(H,15,17). The van der Waals surface area contributed by atoms with Crippen LogP contribution >= 0.6 is 0 Å². The highest BCUT2D eigenvalue weighted by molar-refractivity contribution is 5.81. The van der Waals surface area contributed by atoms with Crippen LogP contribution in [0.2, 0.25) is 0 Å². The summed E-state index contributed by atoms with van der Waals surface area (Å²) in [4.78, 5) is 15.5. The van der Waals surface area contributed by atoms with Crippen LogP contribution in [0.3, 0.4) is 0 Å². The molecule has 0 bridgehead atoms. The van der Waals surface area contributed by atoms with Crippen molar-refractivity contribution in [3.63, 3.8) is 0 Å². The zero-order valence-electron chi connectivity index (χ0n) is 9.75. The molecule has 0 saturated carbocycles. The molecule has 0 unspecified atom stereocenters. The van der Waals surface area contributed by atoms with Crippen LogP contribution in [-0.4, -0.2) is 21.9 Å². The second kappa shape index (κ2) is 4.03. The Balaban J connectivity index is 2.42. The molecule has 0 fully saturated rings. The summed E-state index contributed by atoms with van der Waals surface area (Å²) in [6.45, 7) is 0. The maximum atomic E-state index is 12.3. The SMILES string of the molecule is COc1c(-n2cccn2)[nH]c2ccccc2c1=O. The van der Waals surface area contributed by atoms with Gasteiger partial charge in [-0.1, -0.05) is 12.1 Å². The largest absolute Gasteiger partial charge is 0.490 e. The lowest BCUT2D eigenvalue weighted by molar-refractivity contribution is 0.406. The lowest BCUT2D eigenvalue weighted by Gasteiger charge is -2.09. The van der Waals surface area contributed by atoms with Gasteiger partial charge in [0.15, 0.2) is 5.82 Å². The first-order chi connectivity index (χ1) is 8.81. The fraction of sp³-hybridized carbons (Fsp3) is 0.0769. The minimum atomic E-state index is -0.141. The molecule has 2 heterocycles. The topological polar surface area (TPSA) is 59.9 Å². The highest BCUT2D eigenvalue weighted by Crippen LogP contribution is 2.19. The van der Waals surface area contributed by atoms with Gasteiger partial charge in [0.2, 0.25) is 11.2 Å². The zero-order chi connectivity index (χ0) is 12.5. The second-order valence-corrected chi connectivity index (χ2v) is 3.83. The molecular weight excluding hydrogens is 230 g/mol. The molecule has 0 aliphatic carbocycles. The van der Waals surface area contributed by atoms with E-state index in [1.807, 2.05) is 18.2 Å². The average Bonchev–Trinajstić information content (AvgIpc) is 2.92. The number of ether oxygens (including phenoxy) is 1. The molecule has 0 saturated heterocycles. The molecular formula is C13H11N3O2. The Morgan fingerprint density at radius 3 is 2.83 bits per heavy atom. The van der Waals surface area contributed by atoms with E-state index in [0.29, 0.717) is 11.2 Å². The fourth-order valence-corrected chi connectivity index (χ4v) is 1.96. The van der Waals surface area contributed by atoms with Gasteiger partial charge in [-0.25, -0.2) is 4.68 Å². The lowest BCUT2D eigenvalue weighted by Crippen LogP contribution is -2.13. The van der Waals surface area contributed by atoms with E-state index in [0.717, 1.165) is 5.52 Å². The van der Waals surface area contributed by atoms with E-state index < -0.39 is 0 Å². The number of pyridine rings is 1. The molecule has 1 N–H and O–H groups in total. The van der Waals surface area contributed by atoms with Gasteiger partial charge >= 0.3 is 0 Å². The lowest BCUT2D eigenvalue weighted by atomic mass is 10.2. The Bertz CT molecular complexity index is 745. The number of rotatable bonds is 2. The number of nitrogens with one attached hydrogen (secondary N) is 1. The smallest absolute Gasteiger partial charge is 0.233 e. The molecule has 0 radical (unpaired) electrons. The molecule has 0 atom stereocenters. The Hall–Kier alpha value is -2.56. The predicted molar refractivity (Wildman–Crippen MR) is 68.2 cm³/mol. The van der Waals surface area contributed by atoms with Crippen LogP contribution in [0.15, 0.2) is 47.5 Å². The number of methoxy groups -OCH3 is 1. The molecule has 3 rings (SSSR count). The van der Waals surface area contributed by atoms with E-state index in [1.165, 1.54) is 7.11 Å². The summed E-state index contributed by atoms with van der Waals surface area (Å²) >= 11 is 0. The summed E-state index contributed by atoms with van der Waals surface area (Å²) in [5.74, 6) is 0.795. The number of aromatic amines is 1. The molecule has 0 aliphatic rings. The summed E-state index contributed by atoms with van der Waals surface area (Å²) in [6.07, 6.45) is 3.40. The third kappa shape index (κ3) is 1.48. The van der Waals surface area contributed by atoms with Gasteiger partial charge in [0, 0.05) is 17.8 Å². The van der Waals surface area contributed by atoms with Gasteiger partial charge in [0.1, 0.15) is 0 Å². The van der Waals surface area contributed by atoms with Crippen LogP contribution in [0.1, 0.15) is 0 Å². The van der Waals surface area contributed by atoms with Gasteiger partial charge < -0.3 is 9.72 Å². The zero-order valence-corrected chi connectivity index (χ0v) is 9.75. The number of aromatic nitrogens is 3. The van der Waals surface area contributed by atoms with E-state index in [4.69, 9.17) is 4.74 Å². The molecule has 3 aromatic rings. The first-order valence-corrected chi connectivity index (χ1v) is 5.50. The number of H-pyrrole nitrogens is 1. The first-order valence-electron chi connectivity index (χ1n) is 5.50. The van der Waals surface area contributed by atoms with Crippen molar-refractivity contribution < 1.29 is 4.74 Å². The molecule has 18 heavy (non-hydrogen) atoms. The van der Waals surface area contributed by atoms with Crippen LogP contribution in [0.4, 0.5) is 0 Å². The number of nitrogens with zero attached hydrogens (tertiary/aromatic N) is 2. The van der Waals surface area contributed by atoms with E-state index in [9.17, 15) is 4.79 Å². The number of fused-ring (bicyclic) bond motifs is 1. The quantitative estimate of drug-likeness (QED) is 0.743. The second-order valence-electron chi connectivity index (χ2n) is 3.83. The van der Waals surface area contributed by atoms with Gasteiger partial charge in [-0.15, -0.1) is 0 Å².